The lowest BCUT2D eigenvalue weighted by atomic mass is 10.1. The number of carbonyl (C=O) groups is 1. The molecule has 0 saturated carbocycles. The summed E-state index contributed by atoms with van der Waals surface area (Å²) in [5, 5.41) is 11.4. The summed E-state index contributed by atoms with van der Waals surface area (Å²) < 4.78 is 5.27. The van der Waals surface area contributed by atoms with Crippen molar-refractivity contribution in [2.24, 2.45) is 0 Å². The summed E-state index contributed by atoms with van der Waals surface area (Å²) >= 11 is 0. The van der Waals surface area contributed by atoms with Gasteiger partial charge in [-0.3, -0.25) is 9.78 Å². The molecule has 2 aromatic heterocycles. The summed E-state index contributed by atoms with van der Waals surface area (Å²) in [7, 11) is 0. The molecule has 6 nitrogen and oxygen atoms in total. The minimum Gasteiger partial charge on any atom is -0.444 e. The van der Waals surface area contributed by atoms with Crippen LogP contribution in [0.25, 0.3) is 0 Å². The van der Waals surface area contributed by atoms with E-state index in [0.29, 0.717) is 22.8 Å². The molecule has 0 atom stereocenters. The average Bonchev–Trinajstić information content (AvgIpc) is 2.88. The van der Waals surface area contributed by atoms with E-state index in [0.717, 1.165) is 0 Å². The van der Waals surface area contributed by atoms with Crippen LogP contribution in [0.15, 0.2) is 29.1 Å². The van der Waals surface area contributed by atoms with E-state index >= 15 is 0 Å². The minimum atomic E-state index is -0.300. The summed E-state index contributed by atoms with van der Waals surface area (Å²) in [4.78, 5) is 20.0. The fourth-order valence-corrected chi connectivity index (χ4v) is 1.56. The Hall–Kier alpha value is -2.65. The first-order chi connectivity index (χ1) is 9.70. The van der Waals surface area contributed by atoms with Crippen molar-refractivity contribution in [1.82, 2.24) is 15.3 Å². The normalized spacial score (nSPS) is 9.70. The second-order valence-electron chi connectivity index (χ2n) is 3.93. The molecule has 0 radical (unpaired) electrons. The molecule has 0 aliphatic heterocycles. The number of aliphatic hydroxyl groups excluding tert-OH is 1. The first kappa shape index (κ1) is 13.8. The van der Waals surface area contributed by atoms with Crippen molar-refractivity contribution in [1.29, 1.82) is 0 Å². The maximum Gasteiger partial charge on any atom is 0.253 e. The number of nitrogens with zero attached hydrogens (tertiary/aromatic N) is 2. The molecular weight excluding hydrogens is 258 g/mol. The molecule has 0 aliphatic carbocycles. The van der Waals surface area contributed by atoms with Crippen LogP contribution in [-0.4, -0.2) is 27.6 Å². The molecule has 2 N–H and O–H groups in total. The highest BCUT2D eigenvalue weighted by Gasteiger charge is 2.11. The number of aliphatic hydroxyl groups is 1. The number of amides is 1. The van der Waals surface area contributed by atoms with Crippen LogP contribution < -0.4 is 5.32 Å². The van der Waals surface area contributed by atoms with Gasteiger partial charge in [0.15, 0.2) is 0 Å². The Balaban J connectivity index is 2.09. The number of hydrogen-bond acceptors (Lipinski definition) is 5. The van der Waals surface area contributed by atoms with Crippen LogP contribution in [0.5, 0.6) is 0 Å². The van der Waals surface area contributed by atoms with E-state index in [2.05, 4.69) is 27.1 Å². The van der Waals surface area contributed by atoms with Crippen LogP contribution in [0, 0.1) is 18.8 Å². The predicted molar refractivity (Wildman–Crippen MR) is 70.6 cm³/mol. The summed E-state index contributed by atoms with van der Waals surface area (Å²) in [6.45, 7) is 1.71. The molecule has 0 saturated heterocycles. The van der Waals surface area contributed by atoms with Gasteiger partial charge in [-0.2, -0.15) is 0 Å². The Bertz CT molecular complexity index is 668. The summed E-state index contributed by atoms with van der Waals surface area (Å²) in [5.74, 6) is 6.00. The van der Waals surface area contributed by atoms with Gasteiger partial charge < -0.3 is 14.8 Å². The molecule has 0 aliphatic rings. The summed E-state index contributed by atoms with van der Waals surface area (Å²) in [6, 6.07) is 1.57. The third kappa shape index (κ3) is 3.43. The third-order valence-electron chi connectivity index (χ3n) is 2.44. The van der Waals surface area contributed by atoms with Crippen molar-refractivity contribution in [3.63, 3.8) is 0 Å². The van der Waals surface area contributed by atoms with E-state index in [1.165, 1.54) is 12.4 Å². The van der Waals surface area contributed by atoms with Gasteiger partial charge in [0.2, 0.25) is 5.89 Å². The molecule has 102 valence electrons. The lowest BCUT2D eigenvalue weighted by Crippen LogP contribution is -2.23. The largest absolute Gasteiger partial charge is 0.444 e. The Morgan fingerprint density at radius 3 is 3.05 bits per heavy atom. The number of rotatable bonds is 3. The molecule has 0 fully saturated rings. The molecule has 0 spiro atoms. The van der Waals surface area contributed by atoms with E-state index < -0.39 is 0 Å². The molecule has 6 heteroatoms. The van der Waals surface area contributed by atoms with Gasteiger partial charge in [-0.05, 0) is 13.0 Å². The van der Waals surface area contributed by atoms with Gasteiger partial charge >= 0.3 is 0 Å². The highest BCUT2D eigenvalue weighted by Crippen LogP contribution is 2.06. The maximum atomic E-state index is 12.1. The Labute approximate surface area is 115 Å². The first-order valence-corrected chi connectivity index (χ1v) is 5.94. The Morgan fingerprint density at radius 1 is 1.50 bits per heavy atom. The molecular formula is C14H13N3O3. The highest BCUT2D eigenvalue weighted by molar-refractivity contribution is 5.96. The van der Waals surface area contributed by atoms with Gasteiger partial charge in [0.1, 0.15) is 12.4 Å². The van der Waals surface area contributed by atoms with Crippen molar-refractivity contribution in [2.45, 2.75) is 13.5 Å². The van der Waals surface area contributed by atoms with Gasteiger partial charge in [0.05, 0.1) is 23.9 Å². The van der Waals surface area contributed by atoms with Crippen molar-refractivity contribution in [2.75, 3.05) is 6.61 Å². The maximum absolute atomic E-state index is 12.1. The molecule has 0 aromatic carbocycles. The van der Waals surface area contributed by atoms with Gasteiger partial charge in [0.25, 0.3) is 5.91 Å². The van der Waals surface area contributed by atoms with Gasteiger partial charge in [-0.1, -0.05) is 11.8 Å². The van der Waals surface area contributed by atoms with Crippen LogP contribution in [0.1, 0.15) is 27.6 Å². The van der Waals surface area contributed by atoms with E-state index in [9.17, 15) is 4.79 Å². The molecule has 0 bridgehead atoms. The van der Waals surface area contributed by atoms with Crippen LogP contribution in [0.3, 0.4) is 0 Å². The Morgan fingerprint density at radius 2 is 2.35 bits per heavy atom. The zero-order chi connectivity index (χ0) is 14.4. The number of pyridine rings is 1. The zero-order valence-electron chi connectivity index (χ0n) is 10.9. The van der Waals surface area contributed by atoms with E-state index in [4.69, 9.17) is 9.52 Å². The standard InChI is InChI=1S/C14H13N3O3/c1-10-7-16-13(20-10)9-17-14(19)12-4-5-15-8-11(12)3-2-6-18/h4-5,7-8,18H,6,9H2,1H3,(H,17,19). The lowest BCUT2D eigenvalue weighted by molar-refractivity contribution is 0.0946. The second kappa shape index (κ2) is 6.50. The molecule has 2 heterocycles. The molecule has 2 aromatic rings. The first-order valence-electron chi connectivity index (χ1n) is 5.94. The van der Waals surface area contributed by atoms with Crippen molar-refractivity contribution < 1.29 is 14.3 Å². The number of aromatic nitrogens is 2. The fourth-order valence-electron chi connectivity index (χ4n) is 1.56. The van der Waals surface area contributed by atoms with Crippen molar-refractivity contribution >= 4 is 5.91 Å². The second-order valence-corrected chi connectivity index (χ2v) is 3.93. The van der Waals surface area contributed by atoms with Gasteiger partial charge in [-0.15, -0.1) is 0 Å². The number of hydrogen-bond donors (Lipinski definition) is 2. The number of carbonyl (C=O) groups excluding carboxylic acids is 1. The minimum absolute atomic E-state index is 0.196. The monoisotopic (exact) mass is 271 g/mol. The van der Waals surface area contributed by atoms with Crippen LogP contribution in [0.4, 0.5) is 0 Å². The number of nitrogens with one attached hydrogen (secondary N) is 1. The summed E-state index contributed by atoms with van der Waals surface area (Å²) in [6.07, 6.45) is 4.58. The number of oxazole rings is 1. The van der Waals surface area contributed by atoms with Crippen LogP contribution >= 0.6 is 0 Å². The smallest absolute Gasteiger partial charge is 0.253 e. The average molecular weight is 271 g/mol. The predicted octanol–water partition coefficient (Wildman–Crippen LogP) is 0.652. The fraction of sp³-hybridized carbons (Fsp3) is 0.214. The molecule has 20 heavy (non-hydrogen) atoms. The molecule has 0 unspecified atom stereocenters. The van der Waals surface area contributed by atoms with Gasteiger partial charge in [0, 0.05) is 12.4 Å². The third-order valence-corrected chi connectivity index (χ3v) is 2.44. The zero-order valence-corrected chi connectivity index (χ0v) is 10.9. The van der Waals surface area contributed by atoms with Crippen LogP contribution in [0.2, 0.25) is 0 Å². The molecule has 1 amide bonds. The van der Waals surface area contributed by atoms with E-state index in [1.807, 2.05) is 0 Å². The molecule has 2 rings (SSSR count). The number of aryl methyl sites for hydroxylation is 1. The van der Waals surface area contributed by atoms with E-state index in [-0.39, 0.29) is 19.1 Å². The van der Waals surface area contributed by atoms with Gasteiger partial charge in [-0.25, -0.2) is 4.98 Å². The van der Waals surface area contributed by atoms with Crippen LogP contribution in [-0.2, 0) is 6.54 Å². The summed E-state index contributed by atoms with van der Waals surface area (Å²) in [5.41, 5.74) is 0.854. The van der Waals surface area contributed by atoms with E-state index in [1.54, 1.807) is 19.2 Å². The lowest BCUT2D eigenvalue weighted by Gasteiger charge is -2.04. The topological polar surface area (TPSA) is 88.2 Å². The Kier molecular flexibility index (Phi) is 4.47. The highest BCUT2D eigenvalue weighted by atomic mass is 16.4. The SMILES string of the molecule is Cc1cnc(CNC(=O)c2ccncc2C#CCO)o1. The quantitative estimate of drug-likeness (QED) is 0.800. The van der Waals surface area contributed by atoms with Crippen molar-refractivity contribution in [3.8, 4) is 11.8 Å². The van der Waals surface area contributed by atoms with Crippen molar-refractivity contribution in [3.05, 3.63) is 47.4 Å².